The van der Waals surface area contributed by atoms with Gasteiger partial charge in [0.15, 0.2) is 27.8 Å². The lowest BCUT2D eigenvalue weighted by atomic mass is 10.1. The van der Waals surface area contributed by atoms with Crippen molar-refractivity contribution < 1.29 is 114 Å². The molecule has 5 aromatic rings. The lowest BCUT2D eigenvalue weighted by molar-refractivity contribution is -0.144. The van der Waals surface area contributed by atoms with E-state index in [0.717, 1.165) is 12.1 Å². The lowest BCUT2D eigenvalue weighted by Gasteiger charge is -2.27. The molecule has 0 aliphatic heterocycles. The van der Waals surface area contributed by atoms with E-state index in [1.165, 1.54) is 0 Å². The monoisotopic (exact) mass is 1020 g/mol. The van der Waals surface area contributed by atoms with Crippen LogP contribution < -0.4 is 30.3 Å². The van der Waals surface area contributed by atoms with Crippen molar-refractivity contribution in [1.29, 1.82) is 0 Å². The number of rotatable bonds is 8. The van der Waals surface area contributed by atoms with Crippen LogP contribution in [0.15, 0.2) is 97.1 Å². The molecule has 0 saturated heterocycles. The molecule has 0 aliphatic rings. The summed E-state index contributed by atoms with van der Waals surface area (Å²) < 4.78 is 347. The van der Waals surface area contributed by atoms with Crippen LogP contribution in [0.1, 0.15) is 44.5 Å². The Morgan fingerprint density at radius 3 is 0.530 bits per heavy atom. The molecule has 28 heteroatoms. The molecule has 0 unspecified atom stereocenters. The number of alkyl halides is 24. The average Bonchev–Trinajstić information content (AvgIpc) is 3.16. The lowest BCUT2D eigenvalue weighted by Crippen LogP contribution is -2.24. The molecule has 0 fully saturated rings. The predicted molar refractivity (Wildman–Crippen MR) is 186 cm³/mol. The van der Waals surface area contributed by atoms with Gasteiger partial charge in [-0.25, -0.2) is 0 Å². The molecule has 0 spiro atoms. The van der Waals surface area contributed by atoms with Crippen molar-refractivity contribution in [2.24, 2.45) is 0 Å². The zero-order valence-electron chi connectivity index (χ0n) is 31.0. The molecular formula is C38H16F24O2P2. The average molecular weight is 1020 g/mol. The summed E-state index contributed by atoms with van der Waals surface area (Å²) in [5, 5.41) is -5.84. The Bertz CT molecular complexity index is 2100. The number of para-hydroxylation sites is 2. The van der Waals surface area contributed by atoms with Gasteiger partial charge in [0.25, 0.3) is 0 Å². The molecule has 2 nitrogen and oxygen atoms in total. The van der Waals surface area contributed by atoms with E-state index in [1.54, 1.807) is 0 Å². The summed E-state index contributed by atoms with van der Waals surface area (Å²) in [6.07, 6.45) is -45.9. The van der Waals surface area contributed by atoms with Crippen LogP contribution in [0, 0.1) is 0 Å². The fourth-order valence-electron chi connectivity index (χ4n) is 5.53. The first-order chi connectivity index (χ1) is 29.7. The zero-order chi connectivity index (χ0) is 50.0. The summed E-state index contributed by atoms with van der Waals surface area (Å²) >= 11 is 0. The minimum absolute atomic E-state index is 0.187. The topological polar surface area (TPSA) is 18.5 Å². The predicted octanol–water partition coefficient (Wildman–Crippen LogP) is 14.7. The highest BCUT2D eigenvalue weighted by Crippen LogP contribution is 2.50. The maximum absolute atomic E-state index is 14.0. The van der Waals surface area contributed by atoms with Gasteiger partial charge < -0.3 is 9.05 Å². The summed E-state index contributed by atoms with van der Waals surface area (Å²) in [7, 11) is -7.96. The van der Waals surface area contributed by atoms with Crippen molar-refractivity contribution in [3.8, 4) is 11.5 Å². The van der Waals surface area contributed by atoms with E-state index < -0.39 is 167 Å². The Morgan fingerprint density at radius 2 is 0.394 bits per heavy atom. The van der Waals surface area contributed by atoms with Gasteiger partial charge in [0, 0.05) is 21.2 Å². The largest absolute Gasteiger partial charge is 0.461 e. The highest BCUT2D eigenvalue weighted by Gasteiger charge is 2.44. The van der Waals surface area contributed by atoms with E-state index in [1.807, 2.05) is 0 Å². The Labute approximate surface area is 354 Å². The van der Waals surface area contributed by atoms with E-state index in [-0.39, 0.29) is 48.5 Å². The Hall–Kier alpha value is -5.12. The smallest absolute Gasteiger partial charge is 0.416 e. The van der Waals surface area contributed by atoms with E-state index in [9.17, 15) is 105 Å². The highest BCUT2D eigenvalue weighted by molar-refractivity contribution is 7.69. The summed E-state index contributed by atoms with van der Waals surface area (Å²) in [5.74, 6) is -2.50. The minimum atomic E-state index is -5.74. The molecule has 0 bridgehead atoms. The molecular weight excluding hydrogens is 1010 g/mol. The summed E-state index contributed by atoms with van der Waals surface area (Å²) in [6, 6.07) is -0.917. The van der Waals surface area contributed by atoms with Crippen LogP contribution in [-0.2, 0) is 49.4 Å². The van der Waals surface area contributed by atoms with Crippen LogP contribution in [0.2, 0.25) is 0 Å². The summed E-state index contributed by atoms with van der Waals surface area (Å²) in [6.45, 7) is 0. The SMILES string of the molecule is FC(F)(F)c1cc(P(Oc2ccccc2OP(c2cc(C(F)(F)F)cc(C(F)(F)F)c2)c2cc(C(F)(F)F)cc(C(F)(F)F)c2)c2cc(C(F)(F)F)cc(C(F)(F)F)c2)cc(C(F)(F)F)c1. The van der Waals surface area contributed by atoms with Gasteiger partial charge in [-0.1, -0.05) is 12.1 Å². The second-order valence-electron chi connectivity index (χ2n) is 13.3. The Morgan fingerprint density at radius 1 is 0.242 bits per heavy atom. The Balaban J connectivity index is 1.86. The van der Waals surface area contributed by atoms with Gasteiger partial charge in [0.05, 0.1) is 44.5 Å². The molecule has 0 saturated carbocycles. The van der Waals surface area contributed by atoms with Crippen molar-refractivity contribution in [1.82, 2.24) is 0 Å². The first-order valence-corrected chi connectivity index (χ1v) is 19.5. The van der Waals surface area contributed by atoms with Gasteiger partial charge in [0.1, 0.15) is 0 Å². The quantitative estimate of drug-likeness (QED) is 0.114. The van der Waals surface area contributed by atoms with Gasteiger partial charge in [0.2, 0.25) is 0 Å². The number of halogens is 24. The molecule has 0 radical (unpaired) electrons. The first-order valence-electron chi connectivity index (χ1n) is 17.0. The number of hydrogen-bond acceptors (Lipinski definition) is 2. The van der Waals surface area contributed by atoms with E-state index in [4.69, 9.17) is 9.05 Å². The van der Waals surface area contributed by atoms with E-state index in [2.05, 4.69) is 0 Å². The summed E-state index contributed by atoms with van der Waals surface area (Å²) in [5.41, 5.74) is -17.7. The molecule has 0 aliphatic carbocycles. The third-order valence-corrected chi connectivity index (χ3v) is 12.1. The maximum Gasteiger partial charge on any atom is 0.416 e. The van der Waals surface area contributed by atoms with Crippen LogP contribution in [0.4, 0.5) is 105 Å². The van der Waals surface area contributed by atoms with Crippen LogP contribution in [-0.4, -0.2) is 0 Å². The molecule has 5 rings (SSSR count). The molecule has 0 N–H and O–H groups in total. The minimum Gasteiger partial charge on any atom is -0.461 e. The van der Waals surface area contributed by atoms with Crippen molar-refractivity contribution >= 4 is 37.5 Å². The first kappa shape index (κ1) is 51.9. The molecule has 0 aromatic heterocycles. The van der Waals surface area contributed by atoms with Gasteiger partial charge in [-0.15, -0.1) is 0 Å². The third kappa shape index (κ3) is 12.4. The van der Waals surface area contributed by atoms with Gasteiger partial charge >= 0.3 is 49.4 Å². The second kappa shape index (κ2) is 17.5. The third-order valence-electron chi connectivity index (χ3n) is 8.46. The van der Waals surface area contributed by atoms with Crippen LogP contribution in [0.3, 0.4) is 0 Å². The molecule has 0 amide bonds. The van der Waals surface area contributed by atoms with Gasteiger partial charge in [-0.05, 0) is 84.9 Å². The summed E-state index contributed by atoms with van der Waals surface area (Å²) in [4.78, 5) is 0. The standard InChI is InChI=1S/C38H16F24O2P2/c39-31(40,41)17-5-18(32(42,43)44)10-25(9-17)65(26-11-19(33(45,46)47)6-20(12-26)34(48,49)50)63-29-3-1-2-4-30(29)64-66(27-13-21(35(51,52)53)7-22(14-27)36(54,55)56)28-15-23(37(57,58)59)8-24(16-28)38(60,61)62/h1-16H. The van der Waals surface area contributed by atoms with Crippen LogP contribution in [0.25, 0.3) is 0 Å². The maximum atomic E-state index is 14.0. The fourth-order valence-corrected chi connectivity index (χ4v) is 9.29. The second-order valence-corrected chi connectivity index (χ2v) is 16.9. The highest BCUT2D eigenvalue weighted by atomic mass is 31.1. The molecule has 0 heterocycles. The number of benzene rings is 5. The number of hydrogen-bond donors (Lipinski definition) is 0. The van der Waals surface area contributed by atoms with E-state index in [0.29, 0.717) is 12.1 Å². The molecule has 0 atom stereocenters. The van der Waals surface area contributed by atoms with Crippen molar-refractivity contribution in [3.05, 3.63) is 142 Å². The van der Waals surface area contributed by atoms with Crippen molar-refractivity contribution in [2.75, 3.05) is 0 Å². The van der Waals surface area contributed by atoms with Crippen molar-refractivity contribution in [2.45, 2.75) is 49.4 Å². The van der Waals surface area contributed by atoms with Crippen LogP contribution >= 0.6 is 16.3 Å². The van der Waals surface area contributed by atoms with Crippen LogP contribution in [0.5, 0.6) is 11.5 Å². The zero-order valence-corrected chi connectivity index (χ0v) is 32.8. The Kier molecular flexibility index (Phi) is 13.8. The van der Waals surface area contributed by atoms with Crippen molar-refractivity contribution in [3.63, 3.8) is 0 Å². The van der Waals surface area contributed by atoms with Gasteiger partial charge in [-0.3, -0.25) is 0 Å². The van der Waals surface area contributed by atoms with Gasteiger partial charge in [-0.2, -0.15) is 105 Å². The molecule has 5 aromatic carbocycles. The normalized spacial score (nSPS) is 13.7. The fraction of sp³-hybridized carbons (Fsp3) is 0.211. The molecule has 358 valence electrons. The molecule has 66 heavy (non-hydrogen) atoms. The van der Waals surface area contributed by atoms with E-state index >= 15 is 0 Å².